The lowest BCUT2D eigenvalue weighted by atomic mass is 10.00. The molecule has 2 aromatic rings. The number of Topliss-reactive ketones (excluding diaryl/α,β-unsaturated/α-hetero) is 1. The summed E-state index contributed by atoms with van der Waals surface area (Å²) in [6.07, 6.45) is 1.18. The van der Waals surface area contributed by atoms with Gasteiger partial charge in [-0.25, -0.2) is 4.79 Å². The Hall–Kier alpha value is -2.73. The van der Waals surface area contributed by atoms with Crippen LogP contribution in [-0.4, -0.2) is 27.7 Å². The van der Waals surface area contributed by atoms with Crippen molar-refractivity contribution in [3.05, 3.63) is 69.1 Å². The van der Waals surface area contributed by atoms with E-state index in [4.69, 9.17) is 5.11 Å². The van der Waals surface area contributed by atoms with Gasteiger partial charge in [0.15, 0.2) is 11.6 Å². The van der Waals surface area contributed by atoms with E-state index in [1.54, 1.807) is 22.9 Å². The average Bonchev–Trinajstić information content (AvgIpc) is 2.95. The minimum Gasteiger partial charge on any atom is -0.502 e. The first-order valence-electron chi connectivity index (χ1n) is 6.71. The lowest BCUT2D eigenvalue weighted by Gasteiger charge is -2.03. The number of hydrogen-bond acceptors (Lipinski definition) is 5. The molecular formula is C17H14O5S. The number of rotatable bonds is 6. The number of ketones is 2. The number of carboxylic acids is 1. The fraction of sp³-hybridized carbons (Fsp3) is 0.118. The second-order valence-electron chi connectivity index (χ2n) is 4.94. The molecule has 1 aromatic heterocycles. The summed E-state index contributed by atoms with van der Waals surface area (Å²) >= 11 is 1.32. The van der Waals surface area contributed by atoms with E-state index in [-0.39, 0.29) is 5.78 Å². The first-order chi connectivity index (χ1) is 10.9. The van der Waals surface area contributed by atoms with E-state index >= 15 is 0 Å². The molecule has 1 heterocycles. The number of carboxylic acid groups (broad SMARTS) is 1. The number of thiophene rings is 1. The molecule has 0 atom stereocenters. The Kier molecular flexibility index (Phi) is 5.08. The topological polar surface area (TPSA) is 91.7 Å². The van der Waals surface area contributed by atoms with Gasteiger partial charge in [0.1, 0.15) is 0 Å². The van der Waals surface area contributed by atoms with Crippen LogP contribution in [0.1, 0.15) is 38.8 Å². The lowest BCUT2D eigenvalue weighted by Crippen LogP contribution is -2.05. The molecule has 5 nitrogen and oxygen atoms in total. The van der Waals surface area contributed by atoms with Crippen molar-refractivity contribution in [3.8, 4) is 0 Å². The molecular weight excluding hydrogens is 316 g/mol. The molecule has 0 aliphatic heterocycles. The Morgan fingerprint density at radius 3 is 2.30 bits per heavy atom. The molecule has 23 heavy (non-hydrogen) atoms. The fourth-order valence-electron chi connectivity index (χ4n) is 2.02. The summed E-state index contributed by atoms with van der Waals surface area (Å²) in [5, 5.41) is 21.2. The van der Waals surface area contributed by atoms with E-state index in [9.17, 15) is 19.5 Å². The van der Waals surface area contributed by atoms with Crippen molar-refractivity contribution in [1.82, 2.24) is 0 Å². The summed E-state index contributed by atoms with van der Waals surface area (Å²) < 4.78 is 0. The Morgan fingerprint density at radius 1 is 1.09 bits per heavy atom. The molecule has 0 amide bonds. The number of aliphatic carboxylic acids is 1. The van der Waals surface area contributed by atoms with E-state index in [1.165, 1.54) is 18.3 Å². The number of aliphatic hydroxyl groups excluding tert-OH is 1. The largest absolute Gasteiger partial charge is 0.502 e. The van der Waals surface area contributed by atoms with Gasteiger partial charge in [-0.3, -0.25) is 9.59 Å². The van der Waals surface area contributed by atoms with Crippen LogP contribution in [0.2, 0.25) is 0 Å². The first-order valence-corrected chi connectivity index (χ1v) is 7.66. The third-order valence-corrected chi connectivity index (χ3v) is 4.04. The Morgan fingerprint density at radius 2 is 1.74 bits per heavy atom. The third-order valence-electron chi connectivity index (χ3n) is 3.25. The zero-order valence-electron chi connectivity index (χ0n) is 12.3. The molecule has 2 rings (SSSR count). The highest BCUT2D eigenvalue weighted by molar-refractivity contribution is 7.08. The van der Waals surface area contributed by atoms with Crippen molar-refractivity contribution in [2.45, 2.75) is 13.3 Å². The molecule has 118 valence electrons. The van der Waals surface area contributed by atoms with Gasteiger partial charge >= 0.3 is 5.97 Å². The van der Waals surface area contributed by atoms with Crippen LogP contribution in [0.3, 0.4) is 0 Å². The predicted molar refractivity (Wildman–Crippen MR) is 86.2 cm³/mol. The van der Waals surface area contributed by atoms with Crippen LogP contribution in [0.4, 0.5) is 0 Å². The zero-order chi connectivity index (χ0) is 17.0. The Balaban J connectivity index is 2.21. The molecule has 0 unspecified atom stereocenters. The van der Waals surface area contributed by atoms with Crippen LogP contribution >= 0.6 is 11.3 Å². The SMILES string of the molecule is CC(=O)c1ccc(Cc2cscc2C(=O)/C=C(\O)C(=O)O)cc1. The minimum atomic E-state index is -1.55. The van der Waals surface area contributed by atoms with Gasteiger partial charge in [-0.1, -0.05) is 24.3 Å². The van der Waals surface area contributed by atoms with Gasteiger partial charge in [0.2, 0.25) is 5.76 Å². The monoisotopic (exact) mass is 330 g/mol. The maximum Gasteiger partial charge on any atom is 0.371 e. The molecule has 0 bridgehead atoms. The summed E-state index contributed by atoms with van der Waals surface area (Å²) in [5.41, 5.74) is 2.64. The standard InChI is InChI=1S/C17H14O5S/c1-10(18)12-4-2-11(3-5-12)6-13-8-23-9-14(13)15(19)7-16(20)17(21)22/h2-5,7-9,20H,6H2,1H3,(H,21,22)/b16-7-. The van der Waals surface area contributed by atoms with E-state index in [2.05, 4.69) is 0 Å². The number of hydrogen-bond donors (Lipinski definition) is 2. The van der Waals surface area contributed by atoms with E-state index in [0.29, 0.717) is 23.6 Å². The van der Waals surface area contributed by atoms with E-state index < -0.39 is 17.5 Å². The van der Waals surface area contributed by atoms with Gasteiger partial charge in [-0.15, -0.1) is 0 Å². The number of carbonyl (C=O) groups is 3. The normalized spacial score (nSPS) is 11.3. The summed E-state index contributed by atoms with van der Waals surface area (Å²) in [6, 6.07) is 7.07. The van der Waals surface area contributed by atoms with Crippen LogP contribution in [0.5, 0.6) is 0 Å². The molecule has 0 aliphatic carbocycles. The van der Waals surface area contributed by atoms with Crippen molar-refractivity contribution < 1.29 is 24.6 Å². The molecule has 1 aromatic carbocycles. The van der Waals surface area contributed by atoms with Crippen molar-refractivity contribution in [2.75, 3.05) is 0 Å². The number of carbonyl (C=O) groups excluding carboxylic acids is 2. The Bertz CT molecular complexity index is 784. The van der Waals surface area contributed by atoms with E-state index in [1.807, 2.05) is 12.1 Å². The van der Waals surface area contributed by atoms with Gasteiger partial charge in [-0.05, 0) is 29.9 Å². The highest BCUT2D eigenvalue weighted by Gasteiger charge is 2.14. The number of allylic oxidation sites excluding steroid dienone is 1. The van der Waals surface area contributed by atoms with Gasteiger partial charge < -0.3 is 10.2 Å². The maximum absolute atomic E-state index is 12.0. The Labute approximate surface area is 136 Å². The highest BCUT2D eigenvalue weighted by Crippen LogP contribution is 2.21. The van der Waals surface area contributed by atoms with Crippen LogP contribution in [-0.2, 0) is 11.2 Å². The van der Waals surface area contributed by atoms with Gasteiger partial charge in [-0.2, -0.15) is 11.3 Å². The van der Waals surface area contributed by atoms with Crippen LogP contribution < -0.4 is 0 Å². The van der Waals surface area contributed by atoms with Crippen molar-refractivity contribution in [2.24, 2.45) is 0 Å². The summed E-state index contributed by atoms with van der Waals surface area (Å²) in [7, 11) is 0. The quantitative estimate of drug-likeness (QED) is 0.482. The highest BCUT2D eigenvalue weighted by atomic mass is 32.1. The lowest BCUT2D eigenvalue weighted by molar-refractivity contribution is -0.135. The van der Waals surface area contributed by atoms with E-state index in [0.717, 1.165) is 11.1 Å². The van der Waals surface area contributed by atoms with Crippen LogP contribution in [0.15, 0.2) is 46.9 Å². The van der Waals surface area contributed by atoms with Crippen molar-refractivity contribution >= 4 is 28.9 Å². The predicted octanol–water partition coefficient (Wildman–Crippen LogP) is 3.25. The molecule has 6 heteroatoms. The smallest absolute Gasteiger partial charge is 0.371 e. The van der Waals surface area contributed by atoms with Crippen molar-refractivity contribution in [3.63, 3.8) is 0 Å². The van der Waals surface area contributed by atoms with Gasteiger partial charge in [0.05, 0.1) is 0 Å². The zero-order valence-corrected chi connectivity index (χ0v) is 13.1. The van der Waals surface area contributed by atoms with Gasteiger partial charge in [0, 0.05) is 22.6 Å². The van der Waals surface area contributed by atoms with Crippen molar-refractivity contribution in [1.29, 1.82) is 0 Å². The second-order valence-corrected chi connectivity index (χ2v) is 5.68. The summed E-state index contributed by atoms with van der Waals surface area (Å²) in [5.74, 6) is -3.10. The van der Waals surface area contributed by atoms with Gasteiger partial charge in [0.25, 0.3) is 0 Å². The second kappa shape index (κ2) is 7.02. The maximum atomic E-state index is 12.0. The fourth-order valence-corrected chi connectivity index (χ4v) is 2.86. The van der Waals surface area contributed by atoms with Crippen LogP contribution in [0, 0.1) is 0 Å². The molecule has 0 saturated carbocycles. The van der Waals surface area contributed by atoms with Crippen LogP contribution in [0.25, 0.3) is 0 Å². The number of benzene rings is 1. The molecule has 0 saturated heterocycles. The minimum absolute atomic E-state index is 0.0165. The molecule has 0 spiro atoms. The first kappa shape index (κ1) is 16.6. The third kappa shape index (κ3) is 4.14. The molecule has 0 aliphatic rings. The molecule has 0 fully saturated rings. The molecule has 0 radical (unpaired) electrons. The molecule has 2 N–H and O–H groups in total. The summed E-state index contributed by atoms with van der Waals surface area (Å²) in [6.45, 7) is 1.49. The summed E-state index contributed by atoms with van der Waals surface area (Å²) in [4.78, 5) is 33.9. The number of aliphatic hydroxyl groups is 1. The average molecular weight is 330 g/mol.